The molecule has 154 valence electrons. The van der Waals surface area contributed by atoms with Gasteiger partial charge in [0, 0.05) is 18.5 Å². The summed E-state index contributed by atoms with van der Waals surface area (Å²) in [5.74, 6) is -0.436. The lowest BCUT2D eigenvalue weighted by atomic mass is 10.0. The van der Waals surface area contributed by atoms with Gasteiger partial charge in [0.05, 0.1) is 5.71 Å². The summed E-state index contributed by atoms with van der Waals surface area (Å²) in [6.07, 6.45) is 4.30. The van der Waals surface area contributed by atoms with Gasteiger partial charge in [-0.15, -0.1) is 0 Å². The highest BCUT2D eigenvalue weighted by molar-refractivity contribution is 6.01. The van der Waals surface area contributed by atoms with E-state index >= 15 is 0 Å². The van der Waals surface area contributed by atoms with Crippen LogP contribution in [0.4, 0.5) is 5.69 Å². The van der Waals surface area contributed by atoms with E-state index in [1.807, 2.05) is 62.4 Å². The zero-order chi connectivity index (χ0) is 21.1. The fourth-order valence-electron chi connectivity index (χ4n) is 2.93. The molecule has 0 aliphatic heterocycles. The maximum absolute atomic E-state index is 12.2. The molecular formula is C24H31N3O2. The van der Waals surface area contributed by atoms with Crippen molar-refractivity contribution in [3.63, 3.8) is 0 Å². The minimum Gasteiger partial charge on any atom is -0.326 e. The number of hydrogen-bond acceptors (Lipinski definition) is 3. The Bertz CT molecular complexity index is 844. The molecule has 0 aromatic heterocycles. The van der Waals surface area contributed by atoms with E-state index in [0.29, 0.717) is 0 Å². The van der Waals surface area contributed by atoms with Gasteiger partial charge in [-0.3, -0.25) is 9.59 Å². The number of carbonyl (C=O) groups is 2. The van der Waals surface area contributed by atoms with E-state index in [1.54, 1.807) is 0 Å². The van der Waals surface area contributed by atoms with Gasteiger partial charge in [-0.2, -0.15) is 5.10 Å². The number of amides is 2. The van der Waals surface area contributed by atoms with Crippen molar-refractivity contribution in [3.8, 4) is 0 Å². The minimum absolute atomic E-state index is 0.0945. The second kappa shape index (κ2) is 11.8. The molecule has 0 heterocycles. The Balaban J connectivity index is 1.88. The van der Waals surface area contributed by atoms with Gasteiger partial charge in [0.1, 0.15) is 0 Å². The molecular weight excluding hydrogens is 362 g/mol. The lowest BCUT2D eigenvalue weighted by Gasteiger charge is -2.09. The Morgan fingerprint density at radius 1 is 0.897 bits per heavy atom. The van der Waals surface area contributed by atoms with Crippen molar-refractivity contribution < 1.29 is 9.59 Å². The summed E-state index contributed by atoms with van der Waals surface area (Å²) in [5.41, 5.74) is 7.36. The third-order valence-electron chi connectivity index (χ3n) is 4.69. The normalized spacial score (nSPS) is 11.2. The maximum Gasteiger partial charge on any atom is 0.240 e. The summed E-state index contributed by atoms with van der Waals surface area (Å²) in [7, 11) is 0. The molecule has 0 aliphatic carbocycles. The molecule has 0 bridgehead atoms. The number of benzene rings is 2. The van der Waals surface area contributed by atoms with Crippen molar-refractivity contribution in [1.29, 1.82) is 0 Å². The van der Waals surface area contributed by atoms with Gasteiger partial charge < -0.3 is 5.32 Å². The highest BCUT2D eigenvalue weighted by Crippen LogP contribution is 2.16. The zero-order valence-corrected chi connectivity index (χ0v) is 17.6. The second-order valence-corrected chi connectivity index (χ2v) is 7.28. The Labute approximate surface area is 173 Å². The molecule has 2 aromatic carbocycles. The van der Waals surface area contributed by atoms with Gasteiger partial charge in [-0.1, -0.05) is 62.2 Å². The predicted octanol–water partition coefficient (Wildman–Crippen LogP) is 5.12. The summed E-state index contributed by atoms with van der Waals surface area (Å²) >= 11 is 0. The number of anilines is 1. The topological polar surface area (TPSA) is 70.6 Å². The molecule has 0 aliphatic rings. The predicted molar refractivity (Wildman–Crippen MR) is 119 cm³/mol. The van der Waals surface area contributed by atoms with Crippen LogP contribution in [0.2, 0.25) is 0 Å². The number of nitrogens with one attached hydrogen (secondary N) is 2. The standard InChI is InChI=1S/C24H31N3O2/c1-4-5-7-12-21(20-10-8-6-9-11-20)26-27-24(29)16-15-23(28)25-22-17-18(2)13-14-19(22)3/h6,8-11,13-14,17H,4-5,7,12,15-16H2,1-3H3,(H,25,28)(H,27,29). The van der Waals surface area contributed by atoms with Crippen molar-refractivity contribution in [2.24, 2.45) is 5.10 Å². The number of nitrogens with zero attached hydrogens (tertiary/aromatic N) is 1. The monoisotopic (exact) mass is 393 g/mol. The van der Waals surface area contributed by atoms with Crippen molar-refractivity contribution in [1.82, 2.24) is 5.43 Å². The molecule has 2 rings (SSSR count). The van der Waals surface area contributed by atoms with Gasteiger partial charge in [0.25, 0.3) is 0 Å². The first-order valence-electron chi connectivity index (χ1n) is 10.3. The van der Waals surface area contributed by atoms with E-state index in [-0.39, 0.29) is 24.7 Å². The van der Waals surface area contributed by atoms with Gasteiger partial charge in [-0.25, -0.2) is 5.43 Å². The average molecular weight is 394 g/mol. The van der Waals surface area contributed by atoms with Crippen LogP contribution in [0.1, 0.15) is 62.1 Å². The van der Waals surface area contributed by atoms with Crippen molar-refractivity contribution in [3.05, 3.63) is 65.2 Å². The summed E-state index contributed by atoms with van der Waals surface area (Å²) in [4.78, 5) is 24.4. The van der Waals surface area contributed by atoms with Crippen molar-refractivity contribution in [2.45, 2.75) is 59.3 Å². The molecule has 5 heteroatoms. The van der Waals surface area contributed by atoms with Crippen molar-refractivity contribution in [2.75, 3.05) is 5.32 Å². The molecule has 0 radical (unpaired) electrons. The Morgan fingerprint density at radius 3 is 2.34 bits per heavy atom. The quantitative estimate of drug-likeness (QED) is 0.334. The molecule has 2 amide bonds. The number of rotatable bonds is 10. The first-order valence-corrected chi connectivity index (χ1v) is 10.3. The molecule has 0 saturated carbocycles. The number of hydrogen-bond donors (Lipinski definition) is 2. The van der Waals surface area contributed by atoms with E-state index in [0.717, 1.165) is 53.8 Å². The fraction of sp³-hybridized carbons (Fsp3) is 0.375. The third kappa shape index (κ3) is 7.90. The largest absolute Gasteiger partial charge is 0.326 e. The highest BCUT2D eigenvalue weighted by atomic mass is 16.2. The van der Waals surface area contributed by atoms with E-state index < -0.39 is 0 Å². The SMILES string of the molecule is CCCCCC(=NNC(=O)CCC(=O)Nc1cc(C)ccc1C)c1ccccc1. The molecule has 0 fully saturated rings. The summed E-state index contributed by atoms with van der Waals surface area (Å²) in [6, 6.07) is 15.8. The van der Waals surface area contributed by atoms with Crippen LogP contribution >= 0.6 is 0 Å². The van der Waals surface area contributed by atoms with Gasteiger partial charge in [-0.05, 0) is 49.4 Å². The summed E-state index contributed by atoms with van der Waals surface area (Å²) < 4.78 is 0. The highest BCUT2D eigenvalue weighted by Gasteiger charge is 2.10. The molecule has 0 saturated heterocycles. The summed E-state index contributed by atoms with van der Waals surface area (Å²) in [6.45, 7) is 6.08. The van der Waals surface area contributed by atoms with Gasteiger partial charge in [0.2, 0.25) is 11.8 Å². The average Bonchev–Trinajstić information content (AvgIpc) is 2.72. The zero-order valence-electron chi connectivity index (χ0n) is 17.6. The minimum atomic E-state index is -0.259. The first-order chi connectivity index (χ1) is 14.0. The molecule has 2 aromatic rings. The Kier molecular flexibility index (Phi) is 9.09. The Hall–Kier alpha value is -2.95. The number of aryl methyl sites for hydroxylation is 2. The van der Waals surface area contributed by atoms with Gasteiger partial charge in [0.15, 0.2) is 0 Å². The lowest BCUT2D eigenvalue weighted by Crippen LogP contribution is -2.22. The van der Waals surface area contributed by atoms with E-state index in [1.165, 1.54) is 0 Å². The molecule has 0 atom stereocenters. The van der Waals surface area contributed by atoms with Crippen LogP contribution in [0.15, 0.2) is 53.6 Å². The smallest absolute Gasteiger partial charge is 0.240 e. The maximum atomic E-state index is 12.2. The van der Waals surface area contributed by atoms with E-state index in [2.05, 4.69) is 22.8 Å². The second-order valence-electron chi connectivity index (χ2n) is 7.28. The van der Waals surface area contributed by atoms with E-state index in [4.69, 9.17) is 0 Å². The van der Waals surface area contributed by atoms with Crippen LogP contribution in [0.25, 0.3) is 0 Å². The molecule has 2 N–H and O–H groups in total. The number of hydrazone groups is 1. The van der Waals surface area contributed by atoms with E-state index in [9.17, 15) is 9.59 Å². The van der Waals surface area contributed by atoms with Crippen molar-refractivity contribution >= 4 is 23.2 Å². The van der Waals surface area contributed by atoms with Crippen LogP contribution in [-0.4, -0.2) is 17.5 Å². The van der Waals surface area contributed by atoms with Crippen LogP contribution < -0.4 is 10.7 Å². The van der Waals surface area contributed by atoms with Crippen LogP contribution in [0.3, 0.4) is 0 Å². The number of unbranched alkanes of at least 4 members (excludes halogenated alkanes) is 2. The number of carbonyl (C=O) groups excluding carboxylic acids is 2. The van der Waals surface area contributed by atoms with Crippen LogP contribution in [-0.2, 0) is 9.59 Å². The molecule has 5 nitrogen and oxygen atoms in total. The van der Waals surface area contributed by atoms with Gasteiger partial charge >= 0.3 is 0 Å². The third-order valence-corrected chi connectivity index (χ3v) is 4.69. The first kappa shape index (κ1) is 22.3. The van der Waals surface area contributed by atoms with Crippen LogP contribution in [0, 0.1) is 13.8 Å². The molecule has 29 heavy (non-hydrogen) atoms. The summed E-state index contributed by atoms with van der Waals surface area (Å²) in [5, 5.41) is 7.22. The molecule has 0 unspecified atom stereocenters. The fourth-order valence-corrected chi connectivity index (χ4v) is 2.93. The lowest BCUT2D eigenvalue weighted by molar-refractivity contribution is -0.124. The van der Waals surface area contributed by atoms with Crippen LogP contribution in [0.5, 0.6) is 0 Å². The molecule has 0 spiro atoms. The Morgan fingerprint density at radius 2 is 1.62 bits per heavy atom.